The molecule has 1 unspecified atom stereocenters. The Bertz CT molecular complexity index is 1180. The molecule has 1 aromatic heterocycles. The molecule has 0 radical (unpaired) electrons. The normalized spacial score (nSPS) is 20.0. The van der Waals surface area contributed by atoms with Crippen molar-refractivity contribution >= 4 is 23.8 Å². The Hall–Kier alpha value is -3.46. The number of nitrogens with one attached hydrogen (secondary N) is 1. The molecule has 9 nitrogen and oxygen atoms in total. The van der Waals surface area contributed by atoms with Crippen LogP contribution in [0.4, 0.5) is 16.6 Å². The van der Waals surface area contributed by atoms with Gasteiger partial charge in [-0.3, -0.25) is 14.6 Å². The van der Waals surface area contributed by atoms with Gasteiger partial charge in [-0.15, -0.1) is 0 Å². The molecular weight excluding hydrogens is 468 g/mol. The zero-order chi connectivity index (χ0) is 26.3. The summed E-state index contributed by atoms with van der Waals surface area (Å²) in [7, 11) is 0. The summed E-state index contributed by atoms with van der Waals surface area (Å²) in [5.74, 6) is 1.60. The summed E-state index contributed by atoms with van der Waals surface area (Å²) in [6, 6.07) is 9.11. The van der Waals surface area contributed by atoms with Crippen molar-refractivity contribution in [2.75, 3.05) is 42.9 Å². The van der Waals surface area contributed by atoms with E-state index < -0.39 is 0 Å². The number of cyclic esters (lactones) is 1. The number of carbonyl (C=O) groups excluding carboxylic acids is 2. The minimum Gasteiger partial charge on any atom is -0.444 e. The number of hydrogen-bond donors (Lipinski definition) is 1. The highest BCUT2D eigenvalue weighted by Crippen LogP contribution is 2.45. The van der Waals surface area contributed by atoms with E-state index in [9.17, 15) is 9.59 Å². The fourth-order valence-electron chi connectivity index (χ4n) is 5.92. The van der Waals surface area contributed by atoms with E-state index in [-0.39, 0.29) is 30.1 Å². The Morgan fingerprint density at radius 3 is 2.46 bits per heavy atom. The van der Waals surface area contributed by atoms with Gasteiger partial charge in [0.15, 0.2) is 0 Å². The Balaban J connectivity index is 1.23. The van der Waals surface area contributed by atoms with Crippen molar-refractivity contribution in [2.24, 2.45) is 11.3 Å². The number of likely N-dealkylation sites (tertiary alicyclic amines) is 2. The number of nitrogens with zero attached hydrogens (tertiary/aromatic N) is 5. The number of fused-ring (bicyclic) bond motifs is 1. The monoisotopic (exact) mass is 504 g/mol. The first-order chi connectivity index (χ1) is 17.7. The molecule has 2 atom stereocenters. The maximum absolute atomic E-state index is 12.1. The van der Waals surface area contributed by atoms with Crippen LogP contribution >= 0.6 is 0 Å². The van der Waals surface area contributed by atoms with E-state index in [4.69, 9.17) is 4.74 Å². The van der Waals surface area contributed by atoms with E-state index in [1.807, 2.05) is 11.8 Å². The highest BCUT2D eigenvalue weighted by atomic mass is 16.6. The molecule has 3 aliphatic heterocycles. The molecule has 2 amide bonds. The molecule has 1 spiro atoms. The van der Waals surface area contributed by atoms with Gasteiger partial charge in [-0.1, -0.05) is 44.7 Å². The van der Waals surface area contributed by atoms with Gasteiger partial charge in [0.05, 0.1) is 11.6 Å². The molecule has 0 aliphatic carbocycles. The largest absolute Gasteiger partial charge is 0.444 e. The zero-order valence-corrected chi connectivity index (χ0v) is 22.1. The van der Waals surface area contributed by atoms with Crippen molar-refractivity contribution in [3.05, 3.63) is 59.8 Å². The van der Waals surface area contributed by atoms with Crippen molar-refractivity contribution in [3.63, 3.8) is 0 Å². The lowest BCUT2D eigenvalue weighted by molar-refractivity contribution is -0.161. The summed E-state index contributed by atoms with van der Waals surface area (Å²) in [5.41, 5.74) is 3.50. The van der Waals surface area contributed by atoms with Crippen LogP contribution in [-0.2, 0) is 16.1 Å². The summed E-state index contributed by atoms with van der Waals surface area (Å²) in [6.45, 7) is 16.5. The number of ether oxygens (including phenoxy) is 1. The van der Waals surface area contributed by atoms with Crippen LogP contribution in [0.2, 0.25) is 0 Å². The molecule has 2 aromatic rings. The second kappa shape index (κ2) is 9.78. The second-order valence-electron chi connectivity index (χ2n) is 10.9. The van der Waals surface area contributed by atoms with Crippen molar-refractivity contribution < 1.29 is 14.3 Å². The van der Waals surface area contributed by atoms with Crippen LogP contribution < -0.4 is 10.2 Å². The third kappa shape index (κ3) is 4.68. The molecule has 196 valence electrons. The molecule has 0 saturated carbocycles. The van der Waals surface area contributed by atoms with Crippen LogP contribution in [0.5, 0.6) is 0 Å². The van der Waals surface area contributed by atoms with Crippen LogP contribution in [0.25, 0.3) is 0 Å². The molecule has 2 fully saturated rings. The molecule has 4 heterocycles. The van der Waals surface area contributed by atoms with Gasteiger partial charge in [-0.25, -0.2) is 9.78 Å². The molecule has 37 heavy (non-hydrogen) atoms. The molecule has 3 aliphatic rings. The van der Waals surface area contributed by atoms with Gasteiger partial charge in [0, 0.05) is 50.4 Å². The van der Waals surface area contributed by atoms with E-state index >= 15 is 0 Å². The van der Waals surface area contributed by atoms with Crippen molar-refractivity contribution in [1.82, 2.24) is 19.8 Å². The predicted octanol–water partition coefficient (Wildman–Crippen LogP) is 4.15. The summed E-state index contributed by atoms with van der Waals surface area (Å²) in [4.78, 5) is 38.9. The van der Waals surface area contributed by atoms with Crippen molar-refractivity contribution in [3.8, 4) is 0 Å². The van der Waals surface area contributed by atoms with Gasteiger partial charge >= 0.3 is 6.09 Å². The van der Waals surface area contributed by atoms with E-state index in [2.05, 4.69) is 71.8 Å². The van der Waals surface area contributed by atoms with Gasteiger partial charge in [-0.2, -0.15) is 4.98 Å². The summed E-state index contributed by atoms with van der Waals surface area (Å²) >= 11 is 0. The standard InChI is InChI=1S/C28H36N6O3/c1-6-23(35)32-14-28(15-32)16-33(17-28)24(18(3)4)21-10-8-20(9-11-21)19(5)30-26-29-12-22-13-37-27(36)34(7-2)25(22)31-26/h6,8-12,18-19,24H,1,7,13-17H2,2-5H3,(H,29,30,31)/t19-,24?/m0/s1. The number of rotatable bonds is 8. The molecule has 5 rings (SSSR count). The minimum atomic E-state index is -0.379. The highest BCUT2D eigenvalue weighted by molar-refractivity contribution is 5.89. The fourth-order valence-corrected chi connectivity index (χ4v) is 5.92. The maximum Gasteiger partial charge on any atom is 0.415 e. The topological polar surface area (TPSA) is 90.9 Å². The number of benzene rings is 1. The third-order valence-electron chi connectivity index (χ3n) is 7.75. The Morgan fingerprint density at radius 1 is 1.16 bits per heavy atom. The predicted molar refractivity (Wildman–Crippen MR) is 142 cm³/mol. The first kappa shape index (κ1) is 25.2. The van der Waals surface area contributed by atoms with Gasteiger partial charge in [0.1, 0.15) is 12.4 Å². The SMILES string of the molecule is C=CC(=O)N1CC2(C1)CN(C(c1ccc([C@H](C)Nc3ncc4c(n3)N(CC)C(=O)OC4)cc1)C(C)C)C2. The summed E-state index contributed by atoms with van der Waals surface area (Å²) in [6.07, 6.45) is 2.75. The Kier molecular flexibility index (Phi) is 6.66. The molecule has 2 saturated heterocycles. The summed E-state index contributed by atoms with van der Waals surface area (Å²) in [5, 5.41) is 3.38. The van der Waals surface area contributed by atoms with E-state index in [0.717, 1.165) is 37.3 Å². The minimum absolute atomic E-state index is 0.00847. The van der Waals surface area contributed by atoms with Crippen molar-refractivity contribution in [2.45, 2.75) is 46.4 Å². The van der Waals surface area contributed by atoms with E-state index in [1.165, 1.54) is 16.5 Å². The van der Waals surface area contributed by atoms with Crippen LogP contribution in [0, 0.1) is 11.3 Å². The van der Waals surface area contributed by atoms with E-state index in [1.54, 1.807) is 6.20 Å². The molecule has 0 bridgehead atoms. The number of carbonyl (C=O) groups is 2. The van der Waals surface area contributed by atoms with Gasteiger partial charge in [0.2, 0.25) is 11.9 Å². The van der Waals surface area contributed by atoms with Gasteiger partial charge in [0.25, 0.3) is 0 Å². The van der Waals surface area contributed by atoms with Crippen molar-refractivity contribution in [1.29, 1.82) is 0 Å². The van der Waals surface area contributed by atoms with Crippen LogP contribution in [0.3, 0.4) is 0 Å². The van der Waals surface area contributed by atoms with Crippen LogP contribution in [-0.4, -0.2) is 64.5 Å². The van der Waals surface area contributed by atoms with E-state index in [0.29, 0.717) is 30.3 Å². The number of amides is 2. The second-order valence-corrected chi connectivity index (χ2v) is 10.9. The first-order valence-corrected chi connectivity index (χ1v) is 13.1. The lowest BCUT2D eigenvalue weighted by Gasteiger charge is -2.62. The van der Waals surface area contributed by atoms with Gasteiger partial charge in [-0.05, 0) is 37.0 Å². The molecule has 1 N–H and O–H groups in total. The summed E-state index contributed by atoms with van der Waals surface area (Å²) < 4.78 is 5.18. The number of aromatic nitrogens is 2. The maximum atomic E-state index is 12.1. The average Bonchev–Trinajstić information content (AvgIpc) is 2.84. The molecule has 1 aromatic carbocycles. The average molecular weight is 505 g/mol. The molecular formula is C28H36N6O3. The lowest BCUT2D eigenvalue weighted by Crippen LogP contribution is -2.73. The zero-order valence-electron chi connectivity index (χ0n) is 22.1. The van der Waals surface area contributed by atoms with Gasteiger partial charge < -0.3 is 15.0 Å². The Morgan fingerprint density at radius 2 is 1.84 bits per heavy atom. The highest BCUT2D eigenvalue weighted by Gasteiger charge is 2.54. The quantitative estimate of drug-likeness (QED) is 0.540. The van der Waals surface area contributed by atoms with Crippen LogP contribution in [0.1, 0.15) is 56.5 Å². The number of anilines is 2. The van der Waals surface area contributed by atoms with Crippen LogP contribution in [0.15, 0.2) is 43.1 Å². The smallest absolute Gasteiger partial charge is 0.415 e. The Labute approximate surface area is 218 Å². The fraction of sp³-hybridized carbons (Fsp3) is 0.500. The number of hydrogen-bond acceptors (Lipinski definition) is 7. The molecule has 9 heteroatoms. The third-order valence-corrected chi connectivity index (χ3v) is 7.75. The first-order valence-electron chi connectivity index (χ1n) is 13.1. The lowest BCUT2D eigenvalue weighted by atomic mass is 9.71.